The van der Waals surface area contributed by atoms with Crippen LogP contribution in [-0.4, -0.2) is 15.8 Å². The number of carbonyl (C=O) groups is 1. The molecule has 0 amide bonds. The van der Waals surface area contributed by atoms with Gasteiger partial charge in [-0.3, -0.25) is 14.8 Å². The largest absolute Gasteiger partial charge is 0.293 e. The molecule has 0 saturated carbocycles. The van der Waals surface area contributed by atoms with E-state index in [0.717, 1.165) is 28.3 Å². The van der Waals surface area contributed by atoms with Crippen LogP contribution >= 0.6 is 0 Å². The summed E-state index contributed by atoms with van der Waals surface area (Å²) in [6.07, 6.45) is 8.08. The molecule has 3 rings (SSSR count). The Kier molecular flexibility index (Phi) is 2.27. The number of Topliss-reactive ketones (excluding diaryl/α,β-unsaturated/α-hetero) is 1. The quantitative estimate of drug-likeness (QED) is 0.810. The molecule has 2 aromatic rings. The molecule has 1 aliphatic carbocycles. The highest BCUT2D eigenvalue weighted by Gasteiger charge is 2.47. The number of carbonyl (C=O) groups excluding carboxylic acids is 1. The Morgan fingerprint density at radius 2 is 1.89 bits per heavy atom. The predicted molar refractivity (Wildman–Crippen MR) is 70.7 cm³/mol. The van der Waals surface area contributed by atoms with Gasteiger partial charge in [-0.15, -0.1) is 0 Å². The van der Waals surface area contributed by atoms with Gasteiger partial charge in [0.2, 0.25) is 0 Å². The summed E-state index contributed by atoms with van der Waals surface area (Å²) in [5, 5.41) is 2.01. The van der Waals surface area contributed by atoms with E-state index in [1.807, 2.05) is 13.1 Å². The van der Waals surface area contributed by atoms with E-state index >= 15 is 0 Å². The van der Waals surface area contributed by atoms with E-state index in [0.29, 0.717) is 5.92 Å². The van der Waals surface area contributed by atoms with Crippen molar-refractivity contribution < 1.29 is 4.79 Å². The standard InChI is InChI=1S/C15H16N2O/c1-4-9(2)15(3)12-8-17-6-10-5-16-7-11(13(10)12)14(15)18/h5-9H,4H2,1-3H3. The molecule has 0 aliphatic heterocycles. The van der Waals surface area contributed by atoms with Gasteiger partial charge in [-0.2, -0.15) is 0 Å². The van der Waals surface area contributed by atoms with Crippen molar-refractivity contribution in [2.75, 3.05) is 0 Å². The van der Waals surface area contributed by atoms with Crippen molar-refractivity contribution >= 4 is 16.6 Å². The van der Waals surface area contributed by atoms with Crippen LogP contribution in [0.25, 0.3) is 10.8 Å². The van der Waals surface area contributed by atoms with Crippen LogP contribution in [0, 0.1) is 5.92 Å². The second-order valence-corrected chi connectivity index (χ2v) is 5.31. The maximum absolute atomic E-state index is 12.7. The van der Waals surface area contributed by atoms with Gasteiger partial charge < -0.3 is 0 Å². The first-order valence-corrected chi connectivity index (χ1v) is 6.37. The molecule has 0 radical (unpaired) electrons. The number of hydrogen-bond acceptors (Lipinski definition) is 3. The zero-order chi connectivity index (χ0) is 12.9. The maximum atomic E-state index is 12.7. The Morgan fingerprint density at radius 3 is 2.56 bits per heavy atom. The average Bonchev–Trinajstić information content (AvgIpc) is 2.64. The summed E-state index contributed by atoms with van der Waals surface area (Å²) in [5.74, 6) is 0.489. The molecule has 92 valence electrons. The van der Waals surface area contributed by atoms with Gasteiger partial charge in [-0.05, 0) is 18.4 Å². The van der Waals surface area contributed by atoms with E-state index in [2.05, 4.69) is 23.8 Å². The smallest absolute Gasteiger partial charge is 0.175 e. The summed E-state index contributed by atoms with van der Waals surface area (Å²) in [4.78, 5) is 21.2. The molecular weight excluding hydrogens is 224 g/mol. The number of hydrogen-bond donors (Lipinski definition) is 0. The Morgan fingerprint density at radius 1 is 1.22 bits per heavy atom. The molecule has 2 aromatic heterocycles. The van der Waals surface area contributed by atoms with Crippen molar-refractivity contribution in [2.45, 2.75) is 32.6 Å². The number of aromatic nitrogens is 2. The zero-order valence-corrected chi connectivity index (χ0v) is 10.9. The summed E-state index contributed by atoms with van der Waals surface area (Å²) in [7, 11) is 0. The highest BCUT2D eigenvalue weighted by atomic mass is 16.1. The molecule has 0 fully saturated rings. The fourth-order valence-electron chi connectivity index (χ4n) is 3.00. The van der Waals surface area contributed by atoms with Crippen LogP contribution in [0.15, 0.2) is 24.8 Å². The van der Waals surface area contributed by atoms with E-state index in [1.165, 1.54) is 0 Å². The van der Waals surface area contributed by atoms with E-state index in [-0.39, 0.29) is 5.78 Å². The van der Waals surface area contributed by atoms with Crippen molar-refractivity contribution in [2.24, 2.45) is 5.92 Å². The second-order valence-electron chi connectivity index (χ2n) is 5.31. The first kappa shape index (κ1) is 11.3. The summed E-state index contributed by atoms with van der Waals surface area (Å²) in [6.45, 7) is 6.30. The SMILES string of the molecule is CCC(C)C1(C)C(=O)c2cncc3cncc1c23. The lowest BCUT2D eigenvalue weighted by molar-refractivity contribution is 0.0856. The minimum Gasteiger partial charge on any atom is -0.293 e. The van der Waals surface area contributed by atoms with Gasteiger partial charge in [0.15, 0.2) is 5.78 Å². The molecule has 0 aromatic carbocycles. The highest BCUT2D eigenvalue weighted by Crippen LogP contribution is 2.46. The Labute approximate surface area is 106 Å². The van der Waals surface area contributed by atoms with Crippen LogP contribution < -0.4 is 0 Å². The normalized spacial score (nSPS) is 23.6. The van der Waals surface area contributed by atoms with E-state index in [1.54, 1.807) is 18.6 Å². The van der Waals surface area contributed by atoms with Crippen LogP contribution in [0.4, 0.5) is 0 Å². The molecule has 3 nitrogen and oxygen atoms in total. The van der Waals surface area contributed by atoms with E-state index in [9.17, 15) is 4.79 Å². The lowest BCUT2D eigenvalue weighted by atomic mass is 9.71. The van der Waals surface area contributed by atoms with Gasteiger partial charge in [0.05, 0.1) is 5.41 Å². The Hall–Kier alpha value is -1.77. The van der Waals surface area contributed by atoms with Gasteiger partial charge in [0, 0.05) is 41.1 Å². The van der Waals surface area contributed by atoms with Crippen LogP contribution in [0.2, 0.25) is 0 Å². The molecule has 0 bridgehead atoms. The summed E-state index contributed by atoms with van der Waals surface area (Å²) in [5.41, 5.74) is 1.37. The molecule has 2 heterocycles. The van der Waals surface area contributed by atoms with Gasteiger partial charge >= 0.3 is 0 Å². The summed E-state index contributed by atoms with van der Waals surface area (Å²) in [6, 6.07) is 0. The summed E-state index contributed by atoms with van der Waals surface area (Å²) >= 11 is 0. The van der Waals surface area contributed by atoms with Crippen LogP contribution in [0.5, 0.6) is 0 Å². The first-order valence-electron chi connectivity index (χ1n) is 6.37. The number of ketones is 1. The third-order valence-electron chi connectivity index (χ3n) is 4.54. The van der Waals surface area contributed by atoms with Crippen molar-refractivity contribution in [1.82, 2.24) is 9.97 Å². The molecule has 3 heteroatoms. The Bertz CT molecular complexity index is 645. The number of nitrogens with zero attached hydrogens (tertiary/aromatic N) is 2. The van der Waals surface area contributed by atoms with Crippen LogP contribution in [-0.2, 0) is 5.41 Å². The van der Waals surface area contributed by atoms with Gasteiger partial charge in [0.25, 0.3) is 0 Å². The monoisotopic (exact) mass is 240 g/mol. The van der Waals surface area contributed by atoms with Gasteiger partial charge in [0.1, 0.15) is 0 Å². The van der Waals surface area contributed by atoms with Crippen molar-refractivity contribution in [3.8, 4) is 0 Å². The van der Waals surface area contributed by atoms with Crippen LogP contribution in [0.1, 0.15) is 43.1 Å². The molecule has 0 saturated heterocycles. The lowest BCUT2D eigenvalue weighted by Crippen LogP contribution is -2.35. The topological polar surface area (TPSA) is 42.9 Å². The third kappa shape index (κ3) is 1.17. The van der Waals surface area contributed by atoms with Crippen molar-refractivity contribution in [3.63, 3.8) is 0 Å². The first-order chi connectivity index (χ1) is 8.60. The average molecular weight is 240 g/mol. The molecule has 2 unspecified atom stereocenters. The van der Waals surface area contributed by atoms with E-state index < -0.39 is 5.41 Å². The minimum atomic E-state index is -0.452. The number of rotatable bonds is 2. The Balaban J connectivity index is 2.39. The lowest BCUT2D eigenvalue weighted by Gasteiger charge is -2.30. The minimum absolute atomic E-state index is 0.193. The molecule has 0 N–H and O–H groups in total. The van der Waals surface area contributed by atoms with Crippen molar-refractivity contribution in [3.05, 3.63) is 35.9 Å². The third-order valence-corrected chi connectivity index (χ3v) is 4.54. The van der Waals surface area contributed by atoms with E-state index in [4.69, 9.17) is 0 Å². The fourth-order valence-corrected chi connectivity index (χ4v) is 3.00. The second kappa shape index (κ2) is 3.61. The van der Waals surface area contributed by atoms with Crippen molar-refractivity contribution in [1.29, 1.82) is 0 Å². The molecule has 18 heavy (non-hydrogen) atoms. The fraction of sp³-hybridized carbons (Fsp3) is 0.400. The number of pyridine rings is 2. The maximum Gasteiger partial charge on any atom is 0.175 e. The molecular formula is C15H16N2O. The molecule has 2 atom stereocenters. The summed E-state index contributed by atoms with van der Waals surface area (Å²) < 4.78 is 0. The zero-order valence-electron chi connectivity index (χ0n) is 10.9. The van der Waals surface area contributed by atoms with Crippen LogP contribution in [0.3, 0.4) is 0 Å². The molecule has 0 spiro atoms. The highest BCUT2D eigenvalue weighted by molar-refractivity contribution is 6.19. The molecule has 1 aliphatic rings. The predicted octanol–water partition coefficient (Wildman–Crippen LogP) is 3.13. The van der Waals surface area contributed by atoms with Gasteiger partial charge in [-0.25, -0.2) is 0 Å². The van der Waals surface area contributed by atoms with Gasteiger partial charge in [-0.1, -0.05) is 20.3 Å².